The van der Waals surface area contributed by atoms with E-state index in [0.717, 1.165) is 96.3 Å². The van der Waals surface area contributed by atoms with Crippen molar-refractivity contribution in [3.05, 3.63) is 97.2 Å². The molecule has 0 amide bonds. The molecule has 0 aromatic rings. The average molecular weight is 917 g/mol. The van der Waals surface area contributed by atoms with Gasteiger partial charge in [0.1, 0.15) is 13.2 Å². The van der Waals surface area contributed by atoms with Crippen molar-refractivity contribution in [2.24, 2.45) is 0 Å². The minimum absolute atomic E-state index is 0.107. The van der Waals surface area contributed by atoms with Gasteiger partial charge in [0.15, 0.2) is 6.10 Å². The molecule has 0 aliphatic rings. The molecule has 0 heterocycles. The first-order valence-electron chi connectivity index (χ1n) is 27.2. The van der Waals surface area contributed by atoms with Gasteiger partial charge < -0.3 is 14.2 Å². The van der Waals surface area contributed by atoms with Crippen molar-refractivity contribution in [1.82, 2.24) is 0 Å². The Labute approximate surface area is 407 Å². The van der Waals surface area contributed by atoms with Crippen molar-refractivity contribution >= 4 is 17.9 Å². The Balaban J connectivity index is 4.53. The maximum Gasteiger partial charge on any atom is 0.306 e. The van der Waals surface area contributed by atoms with Crippen LogP contribution in [0.2, 0.25) is 0 Å². The Kier molecular flexibility index (Phi) is 50.9. The number of unbranched alkanes of at least 4 members (excludes halogenated alkanes) is 21. The number of rotatable bonds is 48. The SMILES string of the molecule is CC/C=C\C/C=C\C/C=C\C/C=C\CCCCCC(=O)OC(COC(=O)CCC/C=C\C/C=C\C/C=C\C/C=C\CCCCC)COC(=O)CCCCCCCCCCCCCCCCC. The van der Waals surface area contributed by atoms with Crippen molar-refractivity contribution in [2.45, 2.75) is 252 Å². The van der Waals surface area contributed by atoms with Gasteiger partial charge in [-0.15, -0.1) is 0 Å². The predicted molar refractivity (Wildman–Crippen MR) is 284 cm³/mol. The van der Waals surface area contributed by atoms with Crippen LogP contribution < -0.4 is 0 Å². The van der Waals surface area contributed by atoms with Crippen molar-refractivity contribution < 1.29 is 28.6 Å². The summed E-state index contributed by atoms with van der Waals surface area (Å²) >= 11 is 0. The molecule has 1 unspecified atom stereocenters. The molecule has 0 fully saturated rings. The summed E-state index contributed by atoms with van der Waals surface area (Å²) in [5, 5.41) is 0. The highest BCUT2D eigenvalue weighted by atomic mass is 16.6. The topological polar surface area (TPSA) is 78.9 Å². The fraction of sp³-hybridized carbons (Fsp3) is 0.683. The van der Waals surface area contributed by atoms with Crippen LogP contribution in [0.25, 0.3) is 0 Å². The lowest BCUT2D eigenvalue weighted by Crippen LogP contribution is -2.30. The zero-order valence-electron chi connectivity index (χ0n) is 42.9. The third-order valence-corrected chi connectivity index (χ3v) is 11.3. The lowest BCUT2D eigenvalue weighted by atomic mass is 10.0. The number of allylic oxidation sites excluding steroid dienone is 16. The summed E-state index contributed by atoms with van der Waals surface area (Å²) in [6.45, 7) is 6.43. The van der Waals surface area contributed by atoms with Gasteiger partial charge in [-0.1, -0.05) is 227 Å². The Hall–Kier alpha value is -3.67. The molecule has 0 rings (SSSR count). The van der Waals surface area contributed by atoms with Gasteiger partial charge in [0, 0.05) is 19.3 Å². The summed E-state index contributed by atoms with van der Waals surface area (Å²) in [5.41, 5.74) is 0. The molecule has 0 saturated carbocycles. The lowest BCUT2D eigenvalue weighted by Gasteiger charge is -2.18. The fourth-order valence-corrected chi connectivity index (χ4v) is 7.25. The zero-order valence-corrected chi connectivity index (χ0v) is 42.9. The van der Waals surface area contributed by atoms with Crippen molar-refractivity contribution in [2.75, 3.05) is 13.2 Å². The van der Waals surface area contributed by atoms with E-state index < -0.39 is 6.10 Å². The monoisotopic (exact) mass is 917 g/mol. The van der Waals surface area contributed by atoms with Crippen molar-refractivity contribution in [3.63, 3.8) is 0 Å². The quantitative estimate of drug-likeness (QED) is 0.0262. The summed E-state index contributed by atoms with van der Waals surface area (Å²) in [4.78, 5) is 38.0. The van der Waals surface area contributed by atoms with Crippen molar-refractivity contribution in [3.8, 4) is 0 Å². The van der Waals surface area contributed by atoms with Crippen molar-refractivity contribution in [1.29, 1.82) is 0 Å². The van der Waals surface area contributed by atoms with Crippen LogP contribution >= 0.6 is 0 Å². The number of hydrogen-bond acceptors (Lipinski definition) is 6. The highest BCUT2D eigenvalue weighted by Gasteiger charge is 2.19. The molecule has 66 heavy (non-hydrogen) atoms. The molecule has 6 nitrogen and oxygen atoms in total. The van der Waals surface area contributed by atoms with E-state index in [1.165, 1.54) is 103 Å². The predicted octanol–water partition coefficient (Wildman–Crippen LogP) is 18.1. The second-order valence-electron chi connectivity index (χ2n) is 17.8. The Bertz CT molecular complexity index is 1330. The van der Waals surface area contributed by atoms with E-state index in [1.807, 2.05) is 0 Å². The molecule has 0 aromatic heterocycles. The standard InChI is InChI=1S/C60H100O6/c1-4-7-10-13-16-19-22-25-28-30-33-35-38-41-44-47-50-53-59(62)65-56-57(55-64-58(61)52-49-46-43-40-37-34-31-27-24-21-18-15-12-9-6-3)66-60(63)54-51-48-45-42-39-36-32-29-26-23-20-17-14-11-8-5-2/h8,11,16-17,19-20,25-26,28-29,33,35-36,39,41,44,57H,4-7,9-10,12-15,18,21-24,27,30-32,34,37-38,40,42-43,45-56H2,1-3H3/b11-8-,19-16-,20-17-,28-25-,29-26-,35-33-,39-36-,44-41-. The minimum atomic E-state index is -0.815. The van der Waals surface area contributed by atoms with Gasteiger partial charge in [0.05, 0.1) is 0 Å². The first-order valence-corrected chi connectivity index (χ1v) is 27.2. The highest BCUT2D eigenvalue weighted by Crippen LogP contribution is 2.15. The summed E-state index contributed by atoms with van der Waals surface area (Å²) in [5.74, 6) is -0.995. The summed E-state index contributed by atoms with van der Waals surface area (Å²) in [6.07, 6.45) is 71.1. The van der Waals surface area contributed by atoms with Gasteiger partial charge in [0.2, 0.25) is 0 Å². The molecule has 0 radical (unpaired) electrons. The molecule has 0 aliphatic heterocycles. The molecular weight excluding hydrogens is 817 g/mol. The van der Waals surface area contributed by atoms with Crippen LogP contribution in [0, 0.1) is 0 Å². The molecule has 0 N–H and O–H groups in total. The van der Waals surface area contributed by atoms with Crippen LogP contribution in [0.15, 0.2) is 97.2 Å². The highest BCUT2D eigenvalue weighted by molar-refractivity contribution is 5.71. The van der Waals surface area contributed by atoms with E-state index in [4.69, 9.17) is 14.2 Å². The number of hydrogen-bond donors (Lipinski definition) is 0. The molecule has 0 spiro atoms. The van der Waals surface area contributed by atoms with Gasteiger partial charge in [-0.05, 0) is 96.3 Å². The minimum Gasteiger partial charge on any atom is -0.462 e. The molecule has 1 atom stereocenters. The molecule has 0 bridgehead atoms. The van der Waals surface area contributed by atoms with Gasteiger partial charge in [-0.3, -0.25) is 14.4 Å². The molecule has 0 saturated heterocycles. The van der Waals surface area contributed by atoms with Crippen LogP contribution in [0.3, 0.4) is 0 Å². The van der Waals surface area contributed by atoms with Crippen LogP contribution in [0.1, 0.15) is 245 Å². The van der Waals surface area contributed by atoms with Gasteiger partial charge in [0.25, 0.3) is 0 Å². The first-order chi connectivity index (χ1) is 32.5. The fourth-order valence-electron chi connectivity index (χ4n) is 7.25. The molecule has 0 aromatic carbocycles. The van der Waals surface area contributed by atoms with E-state index in [0.29, 0.717) is 12.8 Å². The molecule has 0 aliphatic carbocycles. The second kappa shape index (κ2) is 53.9. The van der Waals surface area contributed by atoms with Gasteiger partial charge >= 0.3 is 17.9 Å². The first kappa shape index (κ1) is 62.3. The summed E-state index contributed by atoms with van der Waals surface area (Å²) in [7, 11) is 0. The van der Waals surface area contributed by atoms with Crippen LogP contribution in [0.4, 0.5) is 0 Å². The Morgan fingerprint density at radius 1 is 0.318 bits per heavy atom. The summed E-state index contributed by atoms with van der Waals surface area (Å²) < 4.78 is 16.8. The molecular formula is C60H100O6. The number of carbonyl (C=O) groups is 3. The van der Waals surface area contributed by atoms with Crippen LogP contribution in [-0.2, 0) is 28.6 Å². The third-order valence-electron chi connectivity index (χ3n) is 11.3. The maximum absolute atomic E-state index is 12.8. The smallest absolute Gasteiger partial charge is 0.306 e. The van der Waals surface area contributed by atoms with E-state index in [1.54, 1.807) is 0 Å². The van der Waals surface area contributed by atoms with E-state index in [9.17, 15) is 14.4 Å². The van der Waals surface area contributed by atoms with E-state index in [2.05, 4.69) is 118 Å². The largest absolute Gasteiger partial charge is 0.462 e. The Morgan fingerprint density at radius 2 is 0.606 bits per heavy atom. The maximum atomic E-state index is 12.8. The molecule has 376 valence electrons. The number of carbonyl (C=O) groups excluding carboxylic acids is 3. The second-order valence-corrected chi connectivity index (χ2v) is 17.8. The molecule has 6 heteroatoms. The van der Waals surface area contributed by atoms with Gasteiger partial charge in [-0.25, -0.2) is 0 Å². The van der Waals surface area contributed by atoms with E-state index >= 15 is 0 Å². The van der Waals surface area contributed by atoms with Gasteiger partial charge in [-0.2, -0.15) is 0 Å². The summed E-state index contributed by atoms with van der Waals surface area (Å²) in [6, 6.07) is 0. The lowest BCUT2D eigenvalue weighted by molar-refractivity contribution is -0.167. The Morgan fingerprint density at radius 3 is 1.02 bits per heavy atom. The average Bonchev–Trinajstić information content (AvgIpc) is 3.31. The normalized spacial score (nSPS) is 12.8. The van der Waals surface area contributed by atoms with Crippen LogP contribution in [-0.4, -0.2) is 37.2 Å². The van der Waals surface area contributed by atoms with Crippen LogP contribution in [0.5, 0.6) is 0 Å². The van der Waals surface area contributed by atoms with E-state index in [-0.39, 0.29) is 44.0 Å². The number of esters is 3. The number of ether oxygens (including phenoxy) is 3. The zero-order chi connectivity index (χ0) is 47.9. The third kappa shape index (κ3) is 51.3.